The maximum absolute atomic E-state index is 12.5. The van der Waals surface area contributed by atoms with Crippen LogP contribution in [0, 0.1) is 17.2 Å². The van der Waals surface area contributed by atoms with Crippen LogP contribution in [-0.2, 0) is 10.0 Å². The fraction of sp³-hybridized carbons (Fsp3) is 0.462. The molecule has 1 fully saturated rings. The van der Waals surface area contributed by atoms with Crippen molar-refractivity contribution in [3.05, 3.63) is 28.8 Å². The molecule has 1 aromatic rings. The summed E-state index contributed by atoms with van der Waals surface area (Å²) in [4.78, 5) is 0.0725. The number of hydrogen-bond donors (Lipinski definition) is 1. The highest BCUT2D eigenvalue weighted by molar-refractivity contribution is 7.89. The van der Waals surface area contributed by atoms with Crippen molar-refractivity contribution in [3.8, 4) is 6.07 Å². The lowest BCUT2D eigenvalue weighted by atomic mass is 10.1. The number of benzene rings is 1. The molecule has 1 saturated heterocycles. The van der Waals surface area contributed by atoms with Crippen LogP contribution < -0.4 is 5.32 Å². The first-order valence-electron chi connectivity index (χ1n) is 6.33. The van der Waals surface area contributed by atoms with Crippen LogP contribution >= 0.6 is 24.0 Å². The Morgan fingerprint density at radius 3 is 2.81 bits per heavy atom. The van der Waals surface area contributed by atoms with E-state index in [0.717, 1.165) is 13.0 Å². The van der Waals surface area contributed by atoms with E-state index < -0.39 is 10.0 Å². The Bertz CT molecular complexity index is 643. The molecule has 116 valence electrons. The van der Waals surface area contributed by atoms with Crippen LogP contribution in [0.2, 0.25) is 5.02 Å². The summed E-state index contributed by atoms with van der Waals surface area (Å²) in [7, 11) is -1.73. The highest BCUT2D eigenvalue weighted by atomic mass is 35.5. The van der Waals surface area contributed by atoms with E-state index in [0.29, 0.717) is 24.6 Å². The van der Waals surface area contributed by atoms with E-state index in [2.05, 4.69) is 5.32 Å². The van der Waals surface area contributed by atoms with Gasteiger partial charge in [-0.3, -0.25) is 0 Å². The van der Waals surface area contributed by atoms with Crippen molar-refractivity contribution in [2.24, 2.45) is 5.92 Å². The molecule has 0 bridgehead atoms. The second kappa shape index (κ2) is 7.43. The van der Waals surface area contributed by atoms with Crippen molar-refractivity contribution in [2.45, 2.75) is 11.3 Å². The van der Waals surface area contributed by atoms with Gasteiger partial charge >= 0.3 is 0 Å². The van der Waals surface area contributed by atoms with Crippen LogP contribution in [0.3, 0.4) is 0 Å². The molecule has 0 aliphatic carbocycles. The fourth-order valence-electron chi connectivity index (χ4n) is 2.39. The van der Waals surface area contributed by atoms with Crippen molar-refractivity contribution in [2.75, 3.05) is 26.7 Å². The van der Waals surface area contributed by atoms with E-state index in [1.54, 1.807) is 0 Å². The lowest BCUT2D eigenvalue weighted by molar-refractivity contribution is 0.451. The van der Waals surface area contributed by atoms with Crippen molar-refractivity contribution in [1.29, 1.82) is 5.26 Å². The molecule has 0 saturated carbocycles. The molecule has 0 radical (unpaired) electrons. The third-order valence-corrected chi connectivity index (χ3v) is 5.77. The minimum absolute atomic E-state index is 0. The SMILES string of the molecule is CNCC1CCN(S(=O)(=O)c2ccc(C#N)cc2Cl)C1.Cl. The van der Waals surface area contributed by atoms with Crippen molar-refractivity contribution in [1.82, 2.24) is 9.62 Å². The Kier molecular flexibility index (Phi) is 6.44. The zero-order chi connectivity index (χ0) is 14.8. The molecule has 1 heterocycles. The van der Waals surface area contributed by atoms with Gasteiger partial charge in [0, 0.05) is 13.1 Å². The van der Waals surface area contributed by atoms with Gasteiger partial charge in [-0.2, -0.15) is 9.57 Å². The molecule has 1 aliphatic heterocycles. The van der Waals surface area contributed by atoms with E-state index in [1.165, 1.54) is 22.5 Å². The summed E-state index contributed by atoms with van der Waals surface area (Å²) in [6.45, 7) is 1.80. The summed E-state index contributed by atoms with van der Waals surface area (Å²) in [5.74, 6) is 0.326. The van der Waals surface area contributed by atoms with Crippen LogP contribution in [0.15, 0.2) is 23.1 Å². The van der Waals surface area contributed by atoms with Gasteiger partial charge < -0.3 is 5.32 Å². The first-order valence-corrected chi connectivity index (χ1v) is 8.15. The third kappa shape index (κ3) is 3.87. The van der Waals surface area contributed by atoms with Crippen molar-refractivity contribution < 1.29 is 8.42 Å². The molecular weight excluding hydrogens is 333 g/mol. The lowest BCUT2D eigenvalue weighted by Gasteiger charge is -2.17. The minimum Gasteiger partial charge on any atom is -0.319 e. The molecule has 1 aromatic carbocycles. The first kappa shape index (κ1) is 18.2. The van der Waals surface area contributed by atoms with E-state index in [-0.39, 0.29) is 22.3 Å². The minimum atomic E-state index is -3.58. The highest BCUT2D eigenvalue weighted by Gasteiger charge is 2.33. The molecule has 1 atom stereocenters. The molecule has 1 aliphatic rings. The average molecular weight is 350 g/mol. The van der Waals surface area contributed by atoms with Crippen LogP contribution in [0.5, 0.6) is 0 Å². The van der Waals surface area contributed by atoms with Gasteiger partial charge in [-0.15, -0.1) is 12.4 Å². The Morgan fingerprint density at radius 2 is 2.24 bits per heavy atom. The Hall–Kier alpha value is -0.840. The molecule has 0 aromatic heterocycles. The number of nitrogens with one attached hydrogen (secondary N) is 1. The van der Waals surface area contributed by atoms with Gasteiger partial charge in [-0.05, 0) is 44.1 Å². The largest absolute Gasteiger partial charge is 0.319 e. The number of nitrogens with zero attached hydrogens (tertiary/aromatic N) is 2. The van der Waals surface area contributed by atoms with Crippen LogP contribution in [0.1, 0.15) is 12.0 Å². The van der Waals surface area contributed by atoms with Gasteiger partial charge in [-0.1, -0.05) is 11.6 Å². The van der Waals surface area contributed by atoms with Crippen LogP contribution in [0.4, 0.5) is 0 Å². The summed E-state index contributed by atoms with van der Waals surface area (Å²) in [5, 5.41) is 11.9. The van der Waals surface area contributed by atoms with Crippen LogP contribution in [-0.4, -0.2) is 39.4 Å². The summed E-state index contributed by atoms with van der Waals surface area (Å²) < 4.78 is 26.5. The maximum Gasteiger partial charge on any atom is 0.244 e. The predicted octanol–water partition coefficient (Wildman–Crippen LogP) is 1.86. The zero-order valence-corrected chi connectivity index (χ0v) is 13.9. The molecular formula is C13H17Cl2N3O2S. The number of halogens is 2. The second-order valence-electron chi connectivity index (χ2n) is 4.83. The van der Waals surface area contributed by atoms with Crippen molar-refractivity contribution in [3.63, 3.8) is 0 Å². The normalized spacial score (nSPS) is 19.0. The molecule has 1 N–H and O–H groups in total. The number of nitriles is 1. The van der Waals surface area contributed by atoms with Gasteiger partial charge in [-0.25, -0.2) is 8.42 Å². The van der Waals surface area contributed by atoms with Gasteiger partial charge in [0.15, 0.2) is 0 Å². The van der Waals surface area contributed by atoms with Gasteiger partial charge in [0.05, 0.1) is 16.7 Å². The predicted molar refractivity (Wildman–Crippen MR) is 84.2 cm³/mol. The molecule has 0 amide bonds. The molecule has 21 heavy (non-hydrogen) atoms. The third-order valence-electron chi connectivity index (χ3n) is 3.42. The number of hydrogen-bond acceptors (Lipinski definition) is 4. The topological polar surface area (TPSA) is 73.2 Å². The van der Waals surface area contributed by atoms with E-state index in [9.17, 15) is 8.42 Å². The summed E-state index contributed by atoms with van der Waals surface area (Å²) in [6, 6.07) is 6.20. The monoisotopic (exact) mass is 349 g/mol. The summed E-state index contributed by atoms with van der Waals surface area (Å²) in [6.07, 6.45) is 0.841. The van der Waals surface area contributed by atoms with Gasteiger partial charge in [0.1, 0.15) is 4.90 Å². The quantitative estimate of drug-likeness (QED) is 0.900. The van der Waals surface area contributed by atoms with Crippen molar-refractivity contribution >= 4 is 34.0 Å². The smallest absolute Gasteiger partial charge is 0.244 e. The highest BCUT2D eigenvalue weighted by Crippen LogP contribution is 2.29. The molecule has 8 heteroatoms. The van der Waals surface area contributed by atoms with Gasteiger partial charge in [0.2, 0.25) is 10.0 Å². The zero-order valence-electron chi connectivity index (χ0n) is 11.5. The van der Waals surface area contributed by atoms with E-state index in [1.807, 2.05) is 13.1 Å². The number of sulfonamides is 1. The summed E-state index contributed by atoms with van der Waals surface area (Å²) >= 11 is 6.00. The molecule has 0 spiro atoms. The Morgan fingerprint density at radius 1 is 1.52 bits per heavy atom. The van der Waals surface area contributed by atoms with E-state index >= 15 is 0 Å². The van der Waals surface area contributed by atoms with Gasteiger partial charge in [0.25, 0.3) is 0 Å². The average Bonchev–Trinajstić information content (AvgIpc) is 2.88. The fourth-order valence-corrected chi connectivity index (χ4v) is 4.44. The Labute approximate surface area is 136 Å². The maximum atomic E-state index is 12.5. The Balaban J connectivity index is 0.00000220. The molecule has 2 rings (SSSR count). The standard InChI is InChI=1S/C13H16ClN3O2S.ClH/c1-16-8-11-4-5-17(9-11)20(18,19)13-3-2-10(7-15)6-12(13)14;/h2-3,6,11,16H,4-5,8-9H2,1H3;1H. The second-order valence-corrected chi connectivity index (χ2v) is 7.15. The summed E-state index contributed by atoms with van der Waals surface area (Å²) in [5.41, 5.74) is 0.350. The van der Waals surface area contributed by atoms with E-state index in [4.69, 9.17) is 16.9 Å². The first-order chi connectivity index (χ1) is 9.48. The number of rotatable bonds is 4. The van der Waals surface area contributed by atoms with Crippen LogP contribution in [0.25, 0.3) is 0 Å². The molecule has 1 unspecified atom stereocenters. The lowest BCUT2D eigenvalue weighted by Crippen LogP contribution is -2.30. The molecule has 5 nitrogen and oxygen atoms in total.